The van der Waals surface area contributed by atoms with Gasteiger partial charge in [-0.2, -0.15) is 0 Å². The molecular weight excluding hydrogens is 401 g/mol. The highest BCUT2D eigenvalue weighted by molar-refractivity contribution is 14.1. The largest absolute Gasteiger partial charge is 0.335 e. The number of hydrogen-bond acceptors (Lipinski definition) is 2. The van der Waals surface area contributed by atoms with Crippen LogP contribution in [0.1, 0.15) is 11.1 Å². The number of aromatic amines is 1. The van der Waals surface area contributed by atoms with Crippen LogP contribution in [-0.2, 0) is 6.54 Å². The van der Waals surface area contributed by atoms with Gasteiger partial charge in [-0.05, 0) is 46.7 Å². The van der Waals surface area contributed by atoms with Crippen LogP contribution in [0.15, 0.2) is 53.6 Å². The molecular formula is C18H14IN3O. The number of aryl methyl sites for hydroxylation is 1. The maximum absolute atomic E-state index is 12.8. The molecule has 0 unspecified atom stereocenters. The van der Waals surface area contributed by atoms with Gasteiger partial charge < -0.3 is 9.55 Å². The predicted molar refractivity (Wildman–Crippen MR) is 101 cm³/mol. The van der Waals surface area contributed by atoms with E-state index in [1.165, 1.54) is 0 Å². The molecule has 0 aliphatic heterocycles. The lowest BCUT2D eigenvalue weighted by Crippen LogP contribution is -2.21. The van der Waals surface area contributed by atoms with Crippen LogP contribution in [0, 0.1) is 10.5 Å². The lowest BCUT2D eigenvalue weighted by molar-refractivity contribution is 0.763. The highest BCUT2D eigenvalue weighted by Gasteiger charge is 2.14. The normalized spacial score (nSPS) is 11.4. The van der Waals surface area contributed by atoms with Crippen LogP contribution in [0.3, 0.4) is 0 Å². The molecule has 4 aromatic rings. The number of benzene rings is 1. The number of nitrogens with zero attached hydrogens (tertiary/aromatic N) is 2. The zero-order valence-corrected chi connectivity index (χ0v) is 14.7. The van der Waals surface area contributed by atoms with Crippen molar-refractivity contribution in [2.75, 3.05) is 0 Å². The minimum Gasteiger partial charge on any atom is -0.335 e. The van der Waals surface area contributed by atoms with Crippen LogP contribution >= 0.6 is 22.6 Å². The lowest BCUT2D eigenvalue weighted by Gasteiger charge is -2.07. The van der Waals surface area contributed by atoms with Gasteiger partial charge in [0.05, 0.1) is 6.54 Å². The Bertz CT molecular complexity index is 1080. The Morgan fingerprint density at radius 1 is 1.26 bits per heavy atom. The van der Waals surface area contributed by atoms with Crippen molar-refractivity contribution in [2.45, 2.75) is 13.5 Å². The Kier molecular flexibility index (Phi) is 3.45. The first kappa shape index (κ1) is 14.4. The topological polar surface area (TPSA) is 50.7 Å². The van der Waals surface area contributed by atoms with Gasteiger partial charge in [0.25, 0.3) is 5.56 Å². The number of nitrogens with one attached hydrogen (secondary N) is 1. The minimum atomic E-state index is -0.0140. The highest BCUT2D eigenvalue weighted by atomic mass is 127. The Hall–Kier alpha value is -2.15. The summed E-state index contributed by atoms with van der Waals surface area (Å²) < 4.78 is 2.80. The van der Waals surface area contributed by atoms with Gasteiger partial charge in [0.1, 0.15) is 11.2 Å². The maximum atomic E-state index is 12.8. The van der Waals surface area contributed by atoms with E-state index in [9.17, 15) is 4.79 Å². The van der Waals surface area contributed by atoms with Crippen LogP contribution in [0.5, 0.6) is 0 Å². The first-order valence-corrected chi connectivity index (χ1v) is 8.42. The number of halogens is 1. The molecule has 23 heavy (non-hydrogen) atoms. The van der Waals surface area contributed by atoms with Crippen molar-refractivity contribution in [1.82, 2.24) is 14.5 Å². The first-order valence-electron chi connectivity index (χ1n) is 7.34. The van der Waals surface area contributed by atoms with Gasteiger partial charge in [0, 0.05) is 26.7 Å². The average molecular weight is 415 g/mol. The van der Waals surface area contributed by atoms with Crippen molar-refractivity contribution in [2.24, 2.45) is 0 Å². The van der Waals surface area contributed by atoms with E-state index in [4.69, 9.17) is 0 Å². The predicted octanol–water partition coefficient (Wildman–Crippen LogP) is 3.84. The smallest absolute Gasteiger partial charge is 0.275 e. The Balaban J connectivity index is 1.97. The maximum Gasteiger partial charge on any atom is 0.275 e. The monoisotopic (exact) mass is 415 g/mol. The van der Waals surface area contributed by atoms with E-state index in [-0.39, 0.29) is 5.56 Å². The molecule has 0 radical (unpaired) electrons. The molecule has 0 atom stereocenters. The van der Waals surface area contributed by atoms with Crippen molar-refractivity contribution in [3.05, 3.63) is 73.8 Å². The molecule has 5 heteroatoms. The molecule has 4 nitrogen and oxygen atoms in total. The molecule has 1 aromatic carbocycles. The van der Waals surface area contributed by atoms with E-state index in [0.717, 1.165) is 31.1 Å². The standard InChI is InChI=1S/C18H14IN3O/c1-11-7-13-15-14(19)10-22(9-12-5-3-2-4-6-12)18(23)16(15)21-17(13)20-8-11/h2-8,10H,9H2,1H3,(H,20,21). The summed E-state index contributed by atoms with van der Waals surface area (Å²) in [4.78, 5) is 20.4. The van der Waals surface area contributed by atoms with Gasteiger partial charge in [-0.25, -0.2) is 4.98 Å². The molecule has 0 saturated carbocycles. The molecule has 3 aromatic heterocycles. The first-order chi connectivity index (χ1) is 11.1. The van der Waals surface area contributed by atoms with Crippen LogP contribution in [0.25, 0.3) is 21.9 Å². The minimum absolute atomic E-state index is 0.0140. The summed E-state index contributed by atoms with van der Waals surface area (Å²) in [5.74, 6) is 0. The summed E-state index contributed by atoms with van der Waals surface area (Å²) in [6.07, 6.45) is 3.74. The van der Waals surface area contributed by atoms with Gasteiger partial charge >= 0.3 is 0 Å². The fourth-order valence-electron chi connectivity index (χ4n) is 2.88. The number of rotatable bonds is 2. The summed E-state index contributed by atoms with van der Waals surface area (Å²) >= 11 is 2.29. The second kappa shape index (κ2) is 5.49. The van der Waals surface area contributed by atoms with Crippen molar-refractivity contribution in [3.63, 3.8) is 0 Å². The van der Waals surface area contributed by atoms with Crippen molar-refractivity contribution >= 4 is 44.5 Å². The number of pyridine rings is 2. The molecule has 114 valence electrons. The molecule has 0 amide bonds. The van der Waals surface area contributed by atoms with E-state index in [0.29, 0.717) is 12.1 Å². The van der Waals surface area contributed by atoms with Gasteiger partial charge in [-0.15, -0.1) is 0 Å². The van der Waals surface area contributed by atoms with Crippen LogP contribution in [0.4, 0.5) is 0 Å². The number of hydrogen-bond donors (Lipinski definition) is 1. The molecule has 0 bridgehead atoms. The summed E-state index contributed by atoms with van der Waals surface area (Å²) in [7, 11) is 0. The SMILES string of the molecule is Cc1cnc2[nH]c3c(=O)n(Cc4ccccc4)cc(I)c3c2c1. The zero-order chi connectivity index (χ0) is 16.0. The van der Waals surface area contributed by atoms with Crippen molar-refractivity contribution in [1.29, 1.82) is 0 Å². The fraction of sp³-hybridized carbons (Fsp3) is 0.111. The van der Waals surface area contributed by atoms with E-state index < -0.39 is 0 Å². The lowest BCUT2D eigenvalue weighted by atomic mass is 10.2. The van der Waals surface area contributed by atoms with Crippen LogP contribution in [-0.4, -0.2) is 14.5 Å². The van der Waals surface area contributed by atoms with Gasteiger partial charge in [-0.3, -0.25) is 4.79 Å². The molecule has 1 N–H and O–H groups in total. The Morgan fingerprint density at radius 3 is 2.83 bits per heavy atom. The molecule has 3 heterocycles. The molecule has 0 spiro atoms. The molecule has 0 saturated heterocycles. The van der Waals surface area contributed by atoms with E-state index in [1.807, 2.05) is 49.6 Å². The molecule has 0 aliphatic carbocycles. The Morgan fingerprint density at radius 2 is 2.04 bits per heavy atom. The summed E-state index contributed by atoms with van der Waals surface area (Å²) in [6, 6.07) is 12.1. The van der Waals surface area contributed by atoms with E-state index in [1.54, 1.807) is 4.57 Å². The number of aromatic nitrogens is 3. The van der Waals surface area contributed by atoms with Gasteiger partial charge in [0.2, 0.25) is 0 Å². The molecule has 0 aliphatic rings. The second-order valence-corrected chi connectivity index (χ2v) is 6.84. The highest BCUT2D eigenvalue weighted by Crippen LogP contribution is 2.27. The molecule has 4 rings (SSSR count). The zero-order valence-electron chi connectivity index (χ0n) is 12.5. The van der Waals surface area contributed by atoms with Crippen molar-refractivity contribution in [3.8, 4) is 0 Å². The number of fused-ring (bicyclic) bond motifs is 3. The summed E-state index contributed by atoms with van der Waals surface area (Å²) in [5.41, 5.74) is 3.57. The molecule has 0 fully saturated rings. The van der Waals surface area contributed by atoms with Crippen LogP contribution in [0.2, 0.25) is 0 Å². The van der Waals surface area contributed by atoms with Gasteiger partial charge in [-0.1, -0.05) is 30.3 Å². The number of H-pyrrole nitrogens is 1. The van der Waals surface area contributed by atoms with E-state index in [2.05, 4.69) is 38.6 Å². The summed E-state index contributed by atoms with van der Waals surface area (Å²) in [6.45, 7) is 2.57. The van der Waals surface area contributed by atoms with Gasteiger partial charge in [0.15, 0.2) is 0 Å². The van der Waals surface area contributed by atoms with Crippen LogP contribution < -0.4 is 5.56 Å². The Labute approximate surface area is 146 Å². The average Bonchev–Trinajstić information content (AvgIpc) is 2.92. The van der Waals surface area contributed by atoms with Crippen molar-refractivity contribution < 1.29 is 0 Å². The second-order valence-electron chi connectivity index (χ2n) is 5.68. The quantitative estimate of drug-likeness (QED) is 0.506. The third-order valence-corrected chi connectivity index (χ3v) is 4.78. The summed E-state index contributed by atoms with van der Waals surface area (Å²) in [5, 5.41) is 1.97. The van der Waals surface area contributed by atoms with E-state index >= 15 is 0 Å². The third kappa shape index (κ3) is 2.45. The third-order valence-electron chi connectivity index (χ3n) is 3.97. The fourth-order valence-corrected chi connectivity index (χ4v) is 3.78.